The summed E-state index contributed by atoms with van der Waals surface area (Å²) in [6, 6.07) is 22.0. The van der Waals surface area contributed by atoms with E-state index in [9.17, 15) is 10.1 Å². The summed E-state index contributed by atoms with van der Waals surface area (Å²) >= 11 is 0. The van der Waals surface area contributed by atoms with Gasteiger partial charge in [-0.05, 0) is 36.4 Å². The minimum absolute atomic E-state index is 0.0330. The maximum atomic E-state index is 11.6. The number of nitrogen functional groups attached to an aromatic ring is 2. The molecule has 0 saturated heterocycles. The van der Waals surface area contributed by atoms with Crippen LogP contribution in [0, 0.1) is 10.1 Å². The van der Waals surface area contributed by atoms with Crippen LogP contribution in [0.3, 0.4) is 0 Å². The average Bonchev–Trinajstić information content (AvgIpc) is 2.60. The van der Waals surface area contributed by atoms with E-state index in [1.165, 1.54) is 0 Å². The molecule has 24 heavy (non-hydrogen) atoms. The summed E-state index contributed by atoms with van der Waals surface area (Å²) in [7, 11) is 0. The van der Waals surface area contributed by atoms with E-state index >= 15 is 0 Å². The minimum Gasteiger partial charge on any atom is -0.397 e. The first kappa shape index (κ1) is 15.4. The van der Waals surface area contributed by atoms with E-state index in [0.29, 0.717) is 5.69 Å². The summed E-state index contributed by atoms with van der Waals surface area (Å²) in [6.45, 7) is 0. The zero-order valence-electron chi connectivity index (χ0n) is 12.8. The Morgan fingerprint density at radius 3 is 1.75 bits per heavy atom. The van der Waals surface area contributed by atoms with Crippen molar-refractivity contribution in [3.05, 3.63) is 82.9 Å². The Labute approximate surface area is 139 Å². The van der Waals surface area contributed by atoms with E-state index in [0.717, 1.165) is 11.4 Å². The van der Waals surface area contributed by atoms with Gasteiger partial charge >= 0.3 is 5.69 Å². The Balaban J connectivity index is 2.29. The minimum atomic E-state index is -0.500. The van der Waals surface area contributed by atoms with E-state index in [2.05, 4.69) is 0 Å². The fourth-order valence-electron chi connectivity index (χ4n) is 2.57. The van der Waals surface area contributed by atoms with Crippen LogP contribution in [0.15, 0.2) is 72.8 Å². The molecule has 0 fully saturated rings. The van der Waals surface area contributed by atoms with Gasteiger partial charge in [0.15, 0.2) is 0 Å². The van der Waals surface area contributed by atoms with Crippen molar-refractivity contribution in [2.75, 3.05) is 16.4 Å². The van der Waals surface area contributed by atoms with Crippen LogP contribution in [-0.4, -0.2) is 4.92 Å². The van der Waals surface area contributed by atoms with Gasteiger partial charge in [0.25, 0.3) is 0 Å². The van der Waals surface area contributed by atoms with Crippen molar-refractivity contribution >= 4 is 34.1 Å². The van der Waals surface area contributed by atoms with Gasteiger partial charge in [0.05, 0.1) is 10.6 Å². The molecule has 3 rings (SSSR count). The summed E-state index contributed by atoms with van der Waals surface area (Å²) < 4.78 is 0. The van der Waals surface area contributed by atoms with Gasteiger partial charge in [-0.1, -0.05) is 36.4 Å². The molecule has 0 aliphatic rings. The molecule has 0 aliphatic carbocycles. The van der Waals surface area contributed by atoms with Crippen molar-refractivity contribution < 1.29 is 4.92 Å². The largest absolute Gasteiger partial charge is 0.397 e. The molecule has 0 heterocycles. The quantitative estimate of drug-likeness (QED) is 0.426. The van der Waals surface area contributed by atoms with Gasteiger partial charge in [0.2, 0.25) is 0 Å². The maximum absolute atomic E-state index is 11.6. The Morgan fingerprint density at radius 2 is 1.29 bits per heavy atom. The second kappa shape index (κ2) is 6.29. The summed E-state index contributed by atoms with van der Waals surface area (Å²) in [5, 5.41) is 11.6. The molecule has 0 bridgehead atoms. The van der Waals surface area contributed by atoms with Gasteiger partial charge in [-0.25, -0.2) is 0 Å². The number of nitro benzene ring substituents is 1. The van der Waals surface area contributed by atoms with E-state index in [1.807, 2.05) is 60.7 Å². The standard InChI is InChI=1S/C18H16N4O2/c19-15-11-12-16(18(17(15)20)22(23)24)21(13-7-3-1-4-8-13)14-9-5-2-6-10-14/h1-12H,19-20H2. The zero-order chi connectivity index (χ0) is 17.1. The van der Waals surface area contributed by atoms with Crippen LogP contribution >= 0.6 is 0 Å². The number of hydrogen-bond donors (Lipinski definition) is 2. The summed E-state index contributed by atoms with van der Waals surface area (Å²) in [6.07, 6.45) is 0. The molecule has 6 heteroatoms. The van der Waals surface area contributed by atoms with Crippen LogP contribution in [0.2, 0.25) is 0 Å². The first-order valence-corrected chi connectivity index (χ1v) is 7.32. The zero-order valence-corrected chi connectivity index (χ0v) is 12.8. The summed E-state index contributed by atoms with van der Waals surface area (Å²) in [5.74, 6) is 0. The number of nitro groups is 1. The molecule has 0 spiro atoms. The average molecular weight is 320 g/mol. The van der Waals surface area contributed by atoms with E-state index in [4.69, 9.17) is 11.5 Å². The number of para-hydroxylation sites is 2. The predicted octanol–water partition coefficient (Wildman–Crippen LogP) is 4.23. The molecule has 0 aromatic heterocycles. The number of hydrogen-bond acceptors (Lipinski definition) is 5. The van der Waals surface area contributed by atoms with Gasteiger partial charge in [-0.2, -0.15) is 0 Å². The molecule has 0 atom stereocenters. The van der Waals surface area contributed by atoms with Crippen molar-refractivity contribution in [1.82, 2.24) is 0 Å². The van der Waals surface area contributed by atoms with Crippen molar-refractivity contribution in [2.24, 2.45) is 0 Å². The third-order valence-corrected chi connectivity index (χ3v) is 3.68. The number of nitrogens with zero attached hydrogens (tertiary/aromatic N) is 2. The molecular weight excluding hydrogens is 304 g/mol. The Kier molecular flexibility index (Phi) is 4.03. The van der Waals surface area contributed by atoms with E-state index in [1.54, 1.807) is 17.0 Å². The molecule has 4 N–H and O–H groups in total. The fourth-order valence-corrected chi connectivity index (χ4v) is 2.57. The number of rotatable bonds is 4. The second-order valence-corrected chi connectivity index (χ2v) is 5.20. The van der Waals surface area contributed by atoms with Crippen LogP contribution in [0.4, 0.5) is 34.1 Å². The summed E-state index contributed by atoms with van der Waals surface area (Å²) in [5.41, 5.74) is 13.5. The molecule has 3 aromatic rings. The normalized spacial score (nSPS) is 10.3. The molecule has 0 radical (unpaired) electrons. The van der Waals surface area contributed by atoms with E-state index in [-0.39, 0.29) is 17.1 Å². The first-order valence-electron chi connectivity index (χ1n) is 7.32. The lowest BCUT2D eigenvalue weighted by atomic mass is 10.1. The highest BCUT2D eigenvalue weighted by Gasteiger charge is 2.26. The van der Waals surface area contributed by atoms with Crippen LogP contribution in [0.1, 0.15) is 0 Å². The summed E-state index contributed by atoms with van der Waals surface area (Å²) in [4.78, 5) is 12.9. The monoisotopic (exact) mass is 320 g/mol. The molecule has 0 amide bonds. The molecule has 0 unspecified atom stereocenters. The second-order valence-electron chi connectivity index (χ2n) is 5.20. The van der Waals surface area contributed by atoms with Crippen molar-refractivity contribution in [2.45, 2.75) is 0 Å². The lowest BCUT2D eigenvalue weighted by Gasteiger charge is -2.25. The van der Waals surface area contributed by atoms with Crippen LogP contribution < -0.4 is 16.4 Å². The van der Waals surface area contributed by atoms with E-state index < -0.39 is 4.92 Å². The van der Waals surface area contributed by atoms with Crippen LogP contribution in [0.5, 0.6) is 0 Å². The third kappa shape index (κ3) is 2.72. The maximum Gasteiger partial charge on any atom is 0.318 e. The van der Waals surface area contributed by atoms with Crippen LogP contribution in [-0.2, 0) is 0 Å². The molecule has 0 aliphatic heterocycles. The van der Waals surface area contributed by atoms with Gasteiger partial charge in [0.1, 0.15) is 11.4 Å². The molecule has 120 valence electrons. The number of benzene rings is 3. The van der Waals surface area contributed by atoms with Crippen molar-refractivity contribution in [3.63, 3.8) is 0 Å². The Morgan fingerprint density at radius 1 is 0.792 bits per heavy atom. The molecular formula is C18H16N4O2. The Hall–Kier alpha value is -3.54. The van der Waals surface area contributed by atoms with Gasteiger partial charge in [-0.3, -0.25) is 10.1 Å². The van der Waals surface area contributed by atoms with Crippen molar-refractivity contribution in [3.8, 4) is 0 Å². The number of nitrogens with two attached hydrogens (primary N) is 2. The third-order valence-electron chi connectivity index (χ3n) is 3.68. The lowest BCUT2D eigenvalue weighted by molar-refractivity contribution is -0.383. The van der Waals surface area contributed by atoms with Crippen molar-refractivity contribution in [1.29, 1.82) is 0 Å². The highest BCUT2D eigenvalue weighted by molar-refractivity contribution is 5.90. The smallest absolute Gasteiger partial charge is 0.318 e. The molecule has 6 nitrogen and oxygen atoms in total. The lowest BCUT2D eigenvalue weighted by Crippen LogP contribution is -2.13. The Bertz CT molecular complexity index is 827. The predicted molar refractivity (Wildman–Crippen MR) is 96.6 cm³/mol. The van der Waals surface area contributed by atoms with Gasteiger partial charge < -0.3 is 16.4 Å². The number of anilines is 5. The van der Waals surface area contributed by atoms with Gasteiger partial charge in [0, 0.05) is 11.4 Å². The fraction of sp³-hybridized carbons (Fsp3) is 0. The topological polar surface area (TPSA) is 98.4 Å². The highest BCUT2D eigenvalue weighted by Crippen LogP contribution is 2.44. The SMILES string of the molecule is Nc1ccc(N(c2ccccc2)c2ccccc2)c([N+](=O)[O-])c1N. The first-order chi connectivity index (χ1) is 11.6. The molecule has 3 aromatic carbocycles. The van der Waals surface area contributed by atoms with Gasteiger partial charge in [-0.15, -0.1) is 0 Å². The van der Waals surface area contributed by atoms with Crippen LogP contribution in [0.25, 0.3) is 0 Å². The highest BCUT2D eigenvalue weighted by atomic mass is 16.6. The molecule has 0 saturated carbocycles.